The van der Waals surface area contributed by atoms with Crippen LogP contribution in [-0.4, -0.2) is 43.2 Å². The lowest BCUT2D eigenvalue weighted by Crippen LogP contribution is -2.50. The minimum absolute atomic E-state index is 0.0791. The molecule has 1 aliphatic rings. The Balaban J connectivity index is 2.46. The Kier molecular flexibility index (Phi) is 5.22. The fraction of sp³-hybridized carbons (Fsp3) is 0.917. The van der Waals surface area contributed by atoms with E-state index < -0.39 is 0 Å². The zero-order valence-electron chi connectivity index (χ0n) is 10.6. The van der Waals surface area contributed by atoms with E-state index in [1.807, 2.05) is 4.90 Å². The molecule has 1 amide bonds. The van der Waals surface area contributed by atoms with Gasteiger partial charge in [0.25, 0.3) is 0 Å². The molecule has 2 N–H and O–H groups in total. The van der Waals surface area contributed by atoms with E-state index >= 15 is 0 Å². The maximum atomic E-state index is 12.0. The molecule has 4 heteroatoms. The van der Waals surface area contributed by atoms with Crippen molar-refractivity contribution in [2.24, 2.45) is 11.7 Å². The maximum Gasteiger partial charge on any atom is 0.239 e. The van der Waals surface area contributed by atoms with Crippen LogP contribution in [0.2, 0.25) is 0 Å². The molecule has 0 spiro atoms. The summed E-state index contributed by atoms with van der Waals surface area (Å²) < 4.78 is 5.30. The summed E-state index contributed by atoms with van der Waals surface area (Å²) in [6.07, 6.45) is 3.00. The van der Waals surface area contributed by atoms with E-state index in [9.17, 15) is 4.79 Å². The second-order valence-electron chi connectivity index (χ2n) is 5.02. The van der Waals surface area contributed by atoms with Crippen molar-refractivity contribution >= 4 is 5.91 Å². The molecule has 1 saturated heterocycles. The average molecular weight is 228 g/mol. The van der Waals surface area contributed by atoms with Crippen molar-refractivity contribution in [1.82, 2.24) is 4.90 Å². The molecule has 0 aromatic rings. The summed E-state index contributed by atoms with van der Waals surface area (Å²) in [5, 5.41) is 0. The molecule has 0 bridgehead atoms. The number of nitrogens with zero attached hydrogens (tertiary/aromatic N) is 1. The fourth-order valence-electron chi connectivity index (χ4n) is 2.17. The Morgan fingerprint density at radius 3 is 2.81 bits per heavy atom. The van der Waals surface area contributed by atoms with E-state index in [0.29, 0.717) is 12.5 Å². The third kappa shape index (κ3) is 3.76. The minimum atomic E-state index is -0.351. The van der Waals surface area contributed by atoms with Crippen LogP contribution in [0.3, 0.4) is 0 Å². The summed E-state index contributed by atoms with van der Waals surface area (Å²) in [6, 6.07) is -0.351. The van der Waals surface area contributed by atoms with Gasteiger partial charge in [-0.05, 0) is 25.2 Å². The Hall–Kier alpha value is -0.610. The zero-order valence-corrected chi connectivity index (χ0v) is 10.6. The second-order valence-corrected chi connectivity index (χ2v) is 5.02. The number of likely N-dealkylation sites (tertiary alicyclic amines) is 1. The van der Waals surface area contributed by atoms with E-state index in [2.05, 4.69) is 13.8 Å². The predicted octanol–water partition coefficient (Wildman–Crippen LogP) is 0.997. The molecule has 0 saturated carbocycles. The van der Waals surface area contributed by atoms with Crippen LogP contribution in [-0.2, 0) is 9.53 Å². The number of hydrogen-bond acceptors (Lipinski definition) is 3. The Labute approximate surface area is 98.1 Å². The highest BCUT2D eigenvalue weighted by molar-refractivity contribution is 5.81. The van der Waals surface area contributed by atoms with Crippen LogP contribution in [0.5, 0.6) is 0 Å². The van der Waals surface area contributed by atoms with Crippen molar-refractivity contribution in [3.8, 4) is 0 Å². The van der Waals surface area contributed by atoms with E-state index in [4.69, 9.17) is 10.5 Å². The molecule has 2 unspecified atom stereocenters. The first-order valence-corrected chi connectivity index (χ1v) is 6.11. The fourth-order valence-corrected chi connectivity index (χ4v) is 2.17. The smallest absolute Gasteiger partial charge is 0.239 e. The number of carbonyl (C=O) groups excluding carboxylic acids is 1. The molecular formula is C12H24N2O2. The Bertz CT molecular complexity index is 231. The van der Waals surface area contributed by atoms with Crippen LogP contribution in [0.25, 0.3) is 0 Å². The highest BCUT2D eigenvalue weighted by atomic mass is 16.5. The van der Waals surface area contributed by atoms with Gasteiger partial charge in [-0.1, -0.05) is 13.8 Å². The number of carbonyl (C=O) groups is 1. The highest BCUT2D eigenvalue weighted by Gasteiger charge is 2.27. The van der Waals surface area contributed by atoms with Crippen LogP contribution < -0.4 is 5.73 Å². The molecule has 4 nitrogen and oxygen atoms in total. The SMILES string of the molecule is COC1CCCN(C(=O)C(N)CC(C)C)C1. The average Bonchev–Trinajstić information content (AvgIpc) is 2.27. The number of methoxy groups -OCH3 is 1. The standard InChI is InChI=1S/C12H24N2O2/c1-9(2)7-11(13)12(15)14-6-4-5-10(8-14)16-3/h9-11H,4-8,13H2,1-3H3. The summed E-state index contributed by atoms with van der Waals surface area (Å²) in [5.41, 5.74) is 5.90. The lowest BCUT2D eigenvalue weighted by atomic mass is 10.0. The van der Waals surface area contributed by atoms with Crippen LogP contribution in [0, 0.1) is 5.92 Å². The molecule has 0 aliphatic carbocycles. The van der Waals surface area contributed by atoms with Crippen molar-refractivity contribution in [3.63, 3.8) is 0 Å². The highest BCUT2D eigenvalue weighted by Crippen LogP contribution is 2.14. The molecule has 1 aliphatic heterocycles. The van der Waals surface area contributed by atoms with Gasteiger partial charge in [-0.2, -0.15) is 0 Å². The van der Waals surface area contributed by atoms with Gasteiger partial charge in [0, 0.05) is 20.2 Å². The van der Waals surface area contributed by atoms with Crippen molar-refractivity contribution in [2.45, 2.75) is 45.3 Å². The van der Waals surface area contributed by atoms with Crippen molar-refractivity contribution < 1.29 is 9.53 Å². The monoisotopic (exact) mass is 228 g/mol. The topological polar surface area (TPSA) is 55.6 Å². The van der Waals surface area contributed by atoms with Crippen molar-refractivity contribution in [3.05, 3.63) is 0 Å². The predicted molar refractivity (Wildman–Crippen MR) is 64.0 cm³/mol. The van der Waals surface area contributed by atoms with Gasteiger partial charge in [0.15, 0.2) is 0 Å². The van der Waals surface area contributed by atoms with Gasteiger partial charge in [-0.25, -0.2) is 0 Å². The lowest BCUT2D eigenvalue weighted by molar-refractivity contribution is -0.136. The molecule has 0 radical (unpaired) electrons. The molecule has 2 atom stereocenters. The van der Waals surface area contributed by atoms with Crippen LogP contribution in [0.4, 0.5) is 0 Å². The van der Waals surface area contributed by atoms with Crippen LogP contribution in [0.1, 0.15) is 33.1 Å². The first-order valence-electron chi connectivity index (χ1n) is 6.11. The third-order valence-electron chi connectivity index (χ3n) is 3.07. The number of rotatable bonds is 4. The Morgan fingerprint density at radius 1 is 1.56 bits per heavy atom. The molecule has 94 valence electrons. The molecule has 0 aromatic carbocycles. The van der Waals surface area contributed by atoms with Crippen molar-refractivity contribution in [1.29, 1.82) is 0 Å². The zero-order chi connectivity index (χ0) is 12.1. The first kappa shape index (κ1) is 13.5. The maximum absolute atomic E-state index is 12.0. The number of piperidine rings is 1. The summed E-state index contributed by atoms with van der Waals surface area (Å²) in [7, 11) is 1.70. The van der Waals surface area contributed by atoms with Crippen molar-refractivity contribution in [2.75, 3.05) is 20.2 Å². The van der Waals surface area contributed by atoms with E-state index in [1.54, 1.807) is 7.11 Å². The summed E-state index contributed by atoms with van der Waals surface area (Å²) in [5.74, 6) is 0.539. The number of hydrogen-bond donors (Lipinski definition) is 1. The Morgan fingerprint density at radius 2 is 2.25 bits per heavy atom. The molecule has 1 fully saturated rings. The largest absolute Gasteiger partial charge is 0.380 e. The van der Waals surface area contributed by atoms with Gasteiger partial charge in [0.2, 0.25) is 5.91 Å². The number of amides is 1. The van der Waals surface area contributed by atoms with Gasteiger partial charge in [-0.15, -0.1) is 0 Å². The van der Waals surface area contributed by atoms with Gasteiger partial charge >= 0.3 is 0 Å². The van der Waals surface area contributed by atoms with Gasteiger partial charge in [-0.3, -0.25) is 4.79 Å². The first-order chi connectivity index (χ1) is 7.54. The van der Waals surface area contributed by atoms with E-state index in [1.165, 1.54) is 0 Å². The lowest BCUT2D eigenvalue weighted by Gasteiger charge is -2.33. The van der Waals surface area contributed by atoms with E-state index in [0.717, 1.165) is 25.8 Å². The van der Waals surface area contributed by atoms with Gasteiger partial charge < -0.3 is 15.4 Å². The minimum Gasteiger partial charge on any atom is -0.380 e. The molecule has 16 heavy (non-hydrogen) atoms. The van der Waals surface area contributed by atoms with Crippen LogP contribution in [0.15, 0.2) is 0 Å². The van der Waals surface area contributed by atoms with Gasteiger partial charge in [0.1, 0.15) is 0 Å². The molecule has 1 heterocycles. The van der Waals surface area contributed by atoms with Crippen LogP contribution >= 0.6 is 0 Å². The normalized spacial score (nSPS) is 23.6. The van der Waals surface area contributed by atoms with E-state index in [-0.39, 0.29) is 18.1 Å². The van der Waals surface area contributed by atoms with Gasteiger partial charge in [0.05, 0.1) is 12.1 Å². The summed E-state index contributed by atoms with van der Waals surface area (Å²) in [6.45, 7) is 5.69. The molecule has 1 rings (SSSR count). The quantitative estimate of drug-likeness (QED) is 0.781. The molecule has 0 aromatic heterocycles. The second kappa shape index (κ2) is 6.21. The summed E-state index contributed by atoms with van der Waals surface area (Å²) in [4.78, 5) is 13.9. The number of ether oxygens (including phenoxy) is 1. The third-order valence-corrected chi connectivity index (χ3v) is 3.07. The molecular weight excluding hydrogens is 204 g/mol. The number of nitrogens with two attached hydrogens (primary N) is 1. The summed E-state index contributed by atoms with van der Waals surface area (Å²) >= 11 is 0.